The van der Waals surface area contributed by atoms with E-state index in [2.05, 4.69) is 4.72 Å². The molecule has 1 rings (SSSR count). The van der Waals surface area contributed by atoms with Crippen molar-refractivity contribution in [1.29, 1.82) is 0 Å². The summed E-state index contributed by atoms with van der Waals surface area (Å²) < 4.78 is 31.8. The van der Waals surface area contributed by atoms with E-state index in [1.165, 1.54) is 24.3 Å². The molecule has 6 nitrogen and oxygen atoms in total. The third-order valence-corrected chi connectivity index (χ3v) is 4.48. The zero-order valence-corrected chi connectivity index (χ0v) is 13.0. The minimum Gasteiger partial charge on any atom is -0.493 e. The summed E-state index contributed by atoms with van der Waals surface area (Å²) in [5, 5.41) is 8.50. The molecule has 0 bridgehead atoms. The van der Waals surface area contributed by atoms with Gasteiger partial charge in [0.15, 0.2) is 0 Å². The number of aliphatic carboxylic acids is 1. The number of carboxylic acids is 1. The number of rotatable bonds is 9. The first-order chi connectivity index (χ1) is 9.85. The highest BCUT2D eigenvalue weighted by Crippen LogP contribution is 2.16. The number of carboxylic acid groups (broad SMARTS) is 1. The van der Waals surface area contributed by atoms with E-state index in [1.807, 2.05) is 13.8 Å². The summed E-state index contributed by atoms with van der Waals surface area (Å²) in [6.45, 7) is 4.42. The molecule has 0 fully saturated rings. The molecule has 0 saturated carbocycles. The van der Waals surface area contributed by atoms with Crippen LogP contribution in [-0.4, -0.2) is 32.6 Å². The summed E-state index contributed by atoms with van der Waals surface area (Å²) in [6, 6.07) is 5.91. The number of hydrogen-bond donors (Lipinski definition) is 2. The van der Waals surface area contributed by atoms with Crippen molar-refractivity contribution in [2.24, 2.45) is 5.92 Å². The van der Waals surface area contributed by atoms with Crippen LogP contribution in [0, 0.1) is 5.92 Å². The van der Waals surface area contributed by atoms with Gasteiger partial charge in [-0.3, -0.25) is 4.79 Å². The minimum atomic E-state index is -3.52. The lowest BCUT2D eigenvalue weighted by atomic mass is 10.1. The van der Waals surface area contributed by atoms with Gasteiger partial charge < -0.3 is 9.84 Å². The number of hydrogen-bond acceptors (Lipinski definition) is 4. The van der Waals surface area contributed by atoms with Gasteiger partial charge in [-0.05, 0) is 30.2 Å². The smallest absolute Gasteiger partial charge is 0.306 e. The predicted octanol–water partition coefficient (Wildman–Crippen LogP) is 1.86. The first kappa shape index (κ1) is 17.5. The molecule has 0 saturated heterocycles. The molecule has 0 aliphatic carbocycles. The lowest BCUT2D eigenvalue weighted by Gasteiger charge is -2.11. The normalized spacial score (nSPS) is 12.9. The van der Waals surface area contributed by atoms with E-state index in [0.717, 1.165) is 6.42 Å². The molecule has 0 heterocycles. The Morgan fingerprint density at radius 1 is 1.33 bits per heavy atom. The van der Waals surface area contributed by atoms with Crippen LogP contribution in [0.1, 0.15) is 26.7 Å². The van der Waals surface area contributed by atoms with Crippen molar-refractivity contribution in [1.82, 2.24) is 4.72 Å². The summed E-state index contributed by atoms with van der Waals surface area (Å²) in [5.41, 5.74) is 0. The number of nitrogens with one attached hydrogen (secondary N) is 1. The third-order valence-electron chi connectivity index (χ3n) is 3.04. The molecule has 1 unspecified atom stereocenters. The summed E-state index contributed by atoms with van der Waals surface area (Å²) in [6.07, 6.45) is 0.801. The zero-order chi connectivity index (χ0) is 15.9. The molecule has 0 aliphatic heterocycles. The van der Waals surface area contributed by atoms with E-state index >= 15 is 0 Å². The van der Waals surface area contributed by atoms with Gasteiger partial charge in [0, 0.05) is 6.54 Å². The summed E-state index contributed by atoms with van der Waals surface area (Å²) in [5.74, 6) is -0.223. The first-order valence-electron chi connectivity index (χ1n) is 6.79. The minimum absolute atomic E-state index is 0.0493. The highest BCUT2D eigenvalue weighted by molar-refractivity contribution is 7.89. The second kappa shape index (κ2) is 7.99. The standard InChI is InChI=1S/C14H21NO5S/c1-3-11(2)10-15-21(18,19)13-6-4-12(5-7-13)20-9-8-14(16)17/h4-7,11,15H,3,8-10H2,1-2H3,(H,16,17). The summed E-state index contributed by atoms with van der Waals surface area (Å²) in [7, 11) is -3.52. The molecule has 0 aromatic heterocycles. The molecule has 1 aromatic carbocycles. The van der Waals surface area contributed by atoms with Gasteiger partial charge in [0.05, 0.1) is 17.9 Å². The Morgan fingerprint density at radius 3 is 2.48 bits per heavy atom. The van der Waals surface area contributed by atoms with Crippen LogP contribution in [0.25, 0.3) is 0 Å². The van der Waals surface area contributed by atoms with E-state index < -0.39 is 16.0 Å². The Kier molecular flexibility index (Phi) is 6.64. The predicted molar refractivity (Wildman–Crippen MR) is 78.8 cm³/mol. The average molecular weight is 315 g/mol. The Balaban J connectivity index is 2.61. The van der Waals surface area contributed by atoms with Crippen molar-refractivity contribution >= 4 is 16.0 Å². The lowest BCUT2D eigenvalue weighted by Crippen LogP contribution is -2.28. The number of benzene rings is 1. The Hall–Kier alpha value is -1.60. The molecule has 118 valence electrons. The van der Waals surface area contributed by atoms with Crippen LogP contribution in [0.2, 0.25) is 0 Å². The van der Waals surface area contributed by atoms with E-state index in [-0.39, 0.29) is 23.8 Å². The maximum Gasteiger partial charge on any atom is 0.306 e. The van der Waals surface area contributed by atoms with Crippen molar-refractivity contribution < 1.29 is 23.1 Å². The third kappa shape index (κ3) is 6.14. The van der Waals surface area contributed by atoms with Crippen LogP contribution >= 0.6 is 0 Å². The number of carbonyl (C=O) groups is 1. The van der Waals surface area contributed by atoms with E-state index in [0.29, 0.717) is 12.3 Å². The van der Waals surface area contributed by atoms with Gasteiger partial charge in [-0.2, -0.15) is 0 Å². The molecule has 21 heavy (non-hydrogen) atoms. The van der Waals surface area contributed by atoms with Crippen molar-refractivity contribution in [3.05, 3.63) is 24.3 Å². The Bertz CT molecular complexity index is 553. The molecular formula is C14H21NO5S. The van der Waals surface area contributed by atoms with Crippen LogP contribution in [-0.2, 0) is 14.8 Å². The largest absolute Gasteiger partial charge is 0.493 e. The average Bonchev–Trinajstić information content (AvgIpc) is 2.45. The number of ether oxygens (including phenoxy) is 1. The molecule has 0 radical (unpaired) electrons. The van der Waals surface area contributed by atoms with Gasteiger partial charge in [0.25, 0.3) is 0 Å². The monoisotopic (exact) mass is 315 g/mol. The molecule has 7 heteroatoms. The summed E-state index contributed by atoms with van der Waals surface area (Å²) in [4.78, 5) is 10.5. The molecule has 0 spiro atoms. The molecule has 1 aromatic rings. The topological polar surface area (TPSA) is 92.7 Å². The van der Waals surface area contributed by atoms with Crippen LogP contribution in [0.4, 0.5) is 0 Å². The highest BCUT2D eigenvalue weighted by atomic mass is 32.2. The molecule has 1 atom stereocenters. The van der Waals surface area contributed by atoms with Gasteiger partial charge in [-0.1, -0.05) is 20.3 Å². The van der Waals surface area contributed by atoms with E-state index in [9.17, 15) is 13.2 Å². The quantitative estimate of drug-likeness (QED) is 0.725. The van der Waals surface area contributed by atoms with Crippen molar-refractivity contribution in [3.63, 3.8) is 0 Å². The fourth-order valence-corrected chi connectivity index (χ4v) is 2.62. The molecular weight excluding hydrogens is 294 g/mol. The SMILES string of the molecule is CCC(C)CNS(=O)(=O)c1ccc(OCCC(=O)O)cc1. The first-order valence-corrected chi connectivity index (χ1v) is 8.27. The maximum absolute atomic E-state index is 12.0. The fraction of sp³-hybridized carbons (Fsp3) is 0.500. The van der Waals surface area contributed by atoms with Crippen LogP contribution in [0.15, 0.2) is 29.2 Å². The molecule has 2 N–H and O–H groups in total. The fourth-order valence-electron chi connectivity index (χ4n) is 1.45. The maximum atomic E-state index is 12.0. The van der Waals surface area contributed by atoms with Crippen molar-refractivity contribution in [2.75, 3.05) is 13.2 Å². The Labute approximate surface area is 125 Å². The highest BCUT2D eigenvalue weighted by Gasteiger charge is 2.14. The second-order valence-electron chi connectivity index (χ2n) is 4.83. The van der Waals surface area contributed by atoms with Crippen molar-refractivity contribution in [2.45, 2.75) is 31.6 Å². The summed E-state index contributed by atoms with van der Waals surface area (Å²) >= 11 is 0. The zero-order valence-electron chi connectivity index (χ0n) is 12.2. The van der Waals surface area contributed by atoms with Crippen LogP contribution in [0.3, 0.4) is 0 Å². The van der Waals surface area contributed by atoms with Gasteiger partial charge in [-0.25, -0.2) is 13.1 Å². The second-order valence-corrected chi connectivity index (χ2v) is 6.60. The van der Waals surface area contributed by atoms with Gasteiger partial charge >= 0.3 is 5.97 Å². The molecule has 0 aliphatic rings. The van der Waals surface area contributed by atoms with Crippen LogP contribution in [0.5, 0.6) is 5.75 Å². The molecule has 0 amide bonds. The van der Waals surface area contributed by atoms with Gasteiger partial charge in [0.2, 0.25) is 10.0 Å². The Morgan fingerprint density at radius 2 is 1.95 bits per heavy atom. The van der Waals surface area contributed by atoms with E-state index in [4.69, 9.17) is 9.84 Å². The lowest BCUT2D eigenvalue weighted by molar-refractivity contribution is -0.137. The van der Waals surface area contributed by atoms with Gasteiger partial charge in [0.1, 0.15) is 5.75 Å². The van der Waals surface area contributed by atoms with Crippen LogP contribution < -0.4 is 9.46 Å². The van der Waals surface area contributed by atoms with E-state index in [1.54, 1.807) is 0 Å². The van der Waals surface area contributed by atoms with Crippen molar-refractivity contribution in [3.8, 4) is 5.75 Å². The number of sulfonamides is 1. The van der Waals surface area contributed by atoms with Gasteiger partial charge in [-0.15, -0.1) is 0 Å².